The van der Waals surface area contributed by atoms with Gasteiger partial charge < -0.3 is 30.5 Å². The number of rotatable bonds is 15. The zero-order valence-corrected chi connectivity index (χ0v) is 28.5. The number of amides is 3. The van der Waals surface area contributed by atoms with E-state index in [1.54, 1.807) is 0 Å². The summed E-state index contributed by atoms with van der Waals surface area (Å²) in [7, 11) is 0. The molecular formula is C36H54N4O6. The van der Waals surface area contributed by atoms with Crippen molar-refractivity contribution in [3.8, 4) is 0 Å². The third-order valence-electron chi connectivity index (χ3n) is 7.78. The van der Waals surface area contributed by atoms with E-state index in [1.807, 2.05) is 100 Å². The Balaban J connectivity index is 1.75. The fourth-order valence-corrected chi connectivity index (χ4v) is 5.46. The molecule has 3 amide bonds. The zero-order valence-electron chi connectivity index (χ0n) is 28.5. The minimum atomic E-state index is -1.02. The highest BCUT2D eigenvalue weighted by Gasteiger charge is 2.40. The number of hydrogen-bond donors (Lipinski definition) is 4. The van der Waals surface area contributed by atoms with Gasteiger partial charge in [-0.1, -0.05) is 88.4 Å². The number of aliphatic hydroxyl groups is 1. The van der Waals surface area contributed by atoms with Gasteiger partial charge in [-0.05, 0) is 56.6 Å². The molecule has 2 aromatic carbocycles. The highest BCUT2D eigenvalue weighted by Crippen LogP contribution is 2.23. The van der Waals surface area contributed by atoms with Gasteiger partial charge in [-0.2, -0.15) is 0 Å². The minimum Gasteiger partial charge on any atom is -0.445 e. The molecule has 1 aliphatic rings. The predicted octanol–water partition coefficient (Wildman–Crippen LogP) is 4.06. The molecule has 0 radical (unpaired) electrons. The molecule has 10 heteroatoms. The molecule has 1 saturated heterocycles. The molecule has 4 N–H and O–H groups in total. The number of carbonyl (C=O) groups excluding carboxylic acids is 3. The number of nitrogens with zero attached hydrogens (tertiary/aromatic N) is 1. The Morgan fingerprint density at radius 3 is 2.11 bits per heavy atom. The van der Waals surface area contributed by atoms with Crippen molar-refractivity contribution in [2.24, 2.45) is 11.8 Å². The van der Waals surface area contributed by atoms with E-state index in [4.69, 9.17) is 9.47 Å². The molecule has 46 heavy (non-hydrogen) atoms. The number of carbonyl (C=O) groups is 3. The fourth-order valence-electron chi connectivity index (χ4n) is 5.46. The summed E-state index contributed by atoms with van der Waals surface area (Å²) >= 11 is 0. The number of ether oxygens (including phenoxy) is 2. The van der Waals surface area contributed by atoms with Crippen LogP contribution in [0.3, 0.4) is 0 Å². The van der Waals surface area contributed by atoms with Gasteiger partial charge in [0.1, 0.15) is 12.6 Å². The van der Waals surface area contributed by atoms with Crippen LogP contribution in [0.2, 0.25) is 0 Å². The minimum absolute atomic E-state index is 0.0795. The maximum absolute atomic E-state index is 13.7. The SMILES string of the molecule is CC(C)CO[C@@H]1C[C@@H](C(=O)NC(C)(C)C)N(C[C@@H](O)[C@H](Cc2ccccc2)NC(=O)[C@@H](NC(=O)OCc2ccccc2)C(C)C)C1. The van der Waals surface area contributed by atoms with E-state index in [0.29, 0.717) is 31.9 Å². The predicted molar refractivity (Wildman–Crippen MR) is 179 cm³/mol. The van der Waals surface area contributed by atoms with E-state index in [0.717, 1.165) is 11.1 Å². The lowest BCUT2D eigenvalue weighted by Crippen LogP contribution is -2.57. The van der Waals surface area contributed by atoms with Gasteiger partial charge in [0.2, 0.25) is 11.8 Å². The summed E-state index contributed by atoms with van der Waals surface area (Å²) in [6.07, 6.45) is -0.992. The summed E-state index contributed by atoms with van der Waals surface area (Å²) in [6.45, 7) is 15.0. The number of nitrogens with one attached hydrogen (secondary N) is 3. The van der Waals surface area contributed by atoms with E-state index in [9.17, 15) is 19.5 Å². The summed E-state index contributed by atoms with van der Waals surface area (Å²) in [5.41, 5.74) is 1.36. The highest BCUT2D eigenvalue weighted by molar-refractivity contribution is 5.86. The van der Waals surface area contributed by atoms with Crippen molar-refractivity contribution in [3.63, 3.8) is 0 Å². The first-order chi connectivity index (χ1) is 21.7. The van der Waals surface area contributed by atoms with Gasteiger partial charge in [-0.3, -0.25) is 14.5 Å². The molecule has 1 fully saturated rings. The quantitative estimate of drug-likeness (QED) is 0.232. The van der Waals surface area contributed by atoms with E-state index >= 15 is 0 Å². The normalized spacial score (nSPS) is 19.0. The lowest BCUT2D eigenvalue weighted by Gasteiger charge is -2.33. The summed E-state index contributed by atoms with van der Waals surface area (Å²) in [5.74, 6) is -0.433. The maximum Gasteiger partial charge on any atom is 0.408 e. The van der Waals surface area contributed by atoms with Crippen LogP contribution in [0.4, 0.5) is 4.79 Å². The second-order valence-corrected chi connectivity index (χ2v) is 14.1. The third-order valence-corrected chi connectivity index (χ3v) is 7.78. The Hall–Kier alpha value is -3.47. The van der Waals surface area contributed by atoms with Crippen molar-refractivity contribution in [2.45, 2.75) is 104 Å². The molecule has 1 heterocycles. The highest BCUT2D eigenvalue weighted by atomic mass is 16.5. The molecule has 0 spiro atoms. The maximum atomic E-state index is 13.7. The molecule has 0 aromatic heterocycles. The monoisotopic (exact) mass is 638 g/mol. The van der Waals surface area contributed by atoms with E-state index < -0.39 is 41.8 Å². The average Bonchev–Trinajstić information content (AvgIpc) is 3.40. The Bertz CT molecular complexity index is 1230. The number of aliphatic hydroxyl groups excluding tert-OH is 1. The molecule has 0 unspecified atom stereocenters. The van der Waals surface area contributed by atoms with Gasteiger partial charge in [-0.15, -0.1) is 0 Å². The Kier molecular flexibility index (Phi) is 14.0. The molecule has 2 aromatic rings. The molecule has 254 valence electrons. The van der Waals surface area contributed by atoms with E-state index in [-0.39, 0.29) is 31.1 Å². The van der Waals surface area contributed by atoms with Crippen LogP contribution in [0.1, 0.15) is 66.0 Å². The Morgan fingerprint density at radius 2 is 1.54 bits per heavy atom. The van der Waals surface area contributed by atoms with Crippen LogP contribution < -0.4 is 16.0 Å². The zero-order chi connectivity index (χ0) is 33.9. The second-order valence-electron chi connectivity index (χ2n) is 14.1. The Morgan fingerprint density at radius 1 is 0.935 bits per heavy atom. The first-order valence-corrected chi connectivity index (χ1v) is 16.4. The number of benzene rings is 2. The van der Waals surface area contributed by atoms with Crippen LogP contribution in [-0.2, 0) is 32.1 Å². The van der Waals surface area contributed by atoms with Crippen LogP contribution in [0.25, 0.3) is 0 Å². The summed E-state index contributed by atoms with van der Waals surface area (Å²) in [5, 5.41) is 20.5. The molecule has 0 bridgehead atoms. The Labute approximate surface area is 274 Å². The first kappa shape index (κ1) is 37.0. The van der Waals surface area contributed by atoms with Crippen LogP contribution >= 0.6 is 0 Å². The number of alkyl carbamates (subject to hydrolysis) is 1. The van der Waals surface area contributed by atoms with Gasteiger partial charge in [0, 0.05) is 25.2 Å². The van der Waals surface area contributed by atoms with Gasteiger partial charge in [0.15, 0.2) is 0 Å². The van der Waals surface area contributed by atoms with E-state index in [1.165, 1.54) is 0 Å². The standard InChI is InChI=1S/C36H54N4O6/c1-24(2)22-45-28-19-30(33(42)39-36(5,6)7)40(20-28)21-31(41)29(18-26-14-10-8-11-15-26)37-34(43)32(25(3)4)38-35(44)46-23-27-16-12-9-13-17-27/h8-17,24-25,28-32,41H,18-23H2,1-7H3,(H,37,43)(H,38,44)(H,39,42)/t28-,29+,30+,31-,32+/m1/s1. The summed E-state index contributed by atoms with van der Waals surface area (Å²) < 4.78 is 11.5. The smallest absolute Gasteiger partial charge is 0.408 e. The lowest BCUT2D eigenvalue weighted by molar-refractivity contribution is -0.128. The fraction of sp³-hybridized carbons (Fsp3) is 0.583. The van der Waals surface area contributed by atoms with E-state index in [2.05, 4.69) is 29.8 Å². The second kappa shape index (κ2) is 17.4. The summed E-state index contributed by atoms with van der Waals surface area (Å²) in [4.78, 5) is 41.7. The van der Waals surface area contributed by atoms with Gasteiger partial charge in [0.25, 0.3) is 0 Å². The van der Waals surface area contributed by atoms with Crippen LogP contribution in [0, 0.1) is 11.8 Å². The van der Waals surface area contributed by atoms with Crippen molar-refractivity contribution >= 4 is 17.9 Å². The van der Waals surface area contributed by atoms with Crippen molar-refractivity contribution < 1.29 is 29.0 Å². The van der Waals surface area contributed by atoms with Crippen LogP contribution in [-0.4, -0.2) is 83.5 Å². The first-order valence-electron chi connectivity index (χ1n) is 16.4. The summed E-state index contributed by atoms with van der Waals surface area (Å²) in [6, 6.07) is 16.9. The average molecular weight is 639 g/mol. The van der Waals surface area contributed by atoms with Crippen molar-refractivity contribution in [1.29, 1.82) is 0 Å². The molecular weight excluding hydrogens is 584 g/mol. The topological polar surface area (TPSA) is 129 Å². The number of β-amino-alcohol motifs (C(OH)–C–C–N with tert-alkyl or cyclic N) is 1. The number of hydrogen-bond acceptors (Lipinski definition) is 7. The van der Waals surface area contributed by atoms with Crippen molar-refractivity contribution in [2.75, 3.05) is 19.7 Å². The van der Waals surface area contributed by atoms with Crippen molar-refractivity contribution in [1.82, 2.24) is 20.9 Å². The third kappa shape index (κ3) is 12.4. The van der Waals surface area contributed by atoms with Crippen LogP contribution in [0.5, 0.6) is 0 Å². The van der Waals surface area contributed by atoms with Gasteiger partial charge >= 0.3 is 6.09 Å². The largest absolute Gasteiger partial charge is 0.445 e. The molecule has 0 aliphatic carbocycles. The molecule has 5 atom stereocenters. The van der Waals surface area contributed by atoms with Crippen LogP contribution in [0.15, 0.2) is 60.7 Å². The van der Waals surface area contributed by atoms with Gasteiger partial charge in [0.05, 0.1) is 24.3 Å². The number of likely N-dealkylation sites (tertiary alicyclic amines) is 1. The molecule has 1 aliphatic heterocycles. The molecule has 10 nitrogen and oxygen atoms in total. The lowest BCUT2D eigenvalue weighted by atomic mass is 9.98. The van der Waals surface area contributed by atoms with Gasteiger partial charge in [-0.25, -0.2) is 4.79 Å². The molecule has 3 rings (SSSR count). The molecule has 0 saturated carbocycles. The van der Waals surface area contributed by atoms with Crippen molar-refractivity contribution in [3.05, 3.63) is 71.8 Å².